The summed E-state index contributed by atoms with van der Waals surface area (Å²) >= 11 is 0. The zero-order valence-electron chi connectivity index (χ0n) is 27.0. The normalized spacial score (nSPS) is 12.0. The van der Waals surface area contributed by atoms with Crippen LogP contribution in [0.3, 0.4) is 0 Å². The van der Waals surface area contributed by atoms with Crippen molar-refractivity contribution in [2.75, 3.05) is 0 Å². The van der Waals surface area contributed by atoms with Crippen molar-refractivity contribution in [2.45, 2.75) is 0 Å². The van der Waals surface area contributed by atoms with Crippen LogP contribution in [-0.2, 0) is 0 Å². The molecular weight excluding hydrogens is 574 g/mol. The third-order valence-electron chi connectivity index (χ3n) is 8.71. The molecule has 0 saturated carbocycles. The molecule has 6 aromatic carbocycles. The highest BCUT2D eigenvalue weighted by molar-refractivity contribution is 6.12. The summed E-state index contributed by atoms with van der Waals surface area (Å²) in [5.41, 5.74) is 8.30. The molecule has 0 bridgehead atoms. The third-order valence-corrected chi connectivity index (χ3v) is 8.71. The Hall–Kier alpha value is -6.64. The molecule has 0 atom stereocenters. The Balaban J connectivity index is 1.33. The van der Waals surface area contributed by atoms with Crippen LogP contribution in [0, 0.1) is 11.3 Å². The largest absolute Gasteiger partial charge is 0.293 e. The molecule has 0 aliphatic rings. The first-order chi connectivity index (χ1) is 24.0. The first-order valence-corrected chi connectivity index (χ1v) is 15.3. The van der Waals surface area contributed by atoms with Gasteiger partial charge in [-0.2, -0.15) is 5.26 Å². The van der Waals surface area contributed by atoms with E-state index in [0.717, 1.165) is 55.1 Å². The molecule has 0 spiro atoms. The van der Waals surface area contributed by atoms with Gasteiger partial charge in [-0.05, 0) is 47.5 Å². The van der Waals surface area contributed by atoms with E-state index in [9.17, 15) is 5.26 Å². The van der Waals surface area contributed by atoms with E-state index in [0.29, 0.717) is 33.7 Å². The number of para-hydroxylation sites is 2. The van der Waals surface area contributed by atoms with Crippen molar-refractivity contribution in [3.8, 4) is 45.7 Å². The number of hydrogen-bond donors (Lipinski definition) is 0. The lowest BCUT2D eigenvalue weighted by Gasteiger charge is -2.14. The molecule has 9 aromatic rings. The van der Waals surface area contributed by atoms with Crippen LogP contribution in [0.5, 0.6) is 0 Å². The van der Waals surface area contributed by atoms with Crippen molar-refractivity contribution in [1.29, 1.82) is 5.26 Å². The fraction of sp³-hybridized carbons (Fsp3) is 0. The van der Waals surface area contributed by atoms with Crippen LogP contribution in [0.15, 0.2) is 152 Å². The van der Waals surface area contributed by atoms with Gasteiger partial charge in [0.05, 0.1) is 36.6 Å². The van der Waals surface area contributed by atoms with Crippen molar-refractivity contribution in [3.05, 3.63) is 157 Å². The highest BCUT2D eigenvalue weighted by Crippen LogP contribution is 2.36. The molecular formula is C42H25N5. The summed E-state index contributed by atoms with van der Waals surface area (Å²) in [6.07, 6.45) is 0. The maximum atomic E-state index is 9.42. The summed E-state index contributed by atoms with van der Waals surface area (Å²) in [7, 11) is 0. The van der Waals surface area contributed by atoms with Gasteiger partial charge in [-0.3, -0.25) is 4.57 Å². The van der Waals surface area contributed by atoms with Gasteiger partial charge >= 0.3 is 0 Å². The van der Waals surface area contributed by atoms with E-state index < -0.39 is 0 Å². The smallest absolute Gasteiger partial charge is 0.162 e. The molecule has 5 heteroatoms. The Morgan fingerprint density at radius 2 is 1.23 bits per heavy atom. The van der Waals surface area contributed by atoms with Gasteiger partial charge in [-0.15, -0.1) is 0 Å². The monoisotopic (exact) mass is 601 g/mol. The Kier molecular flexibility index (Phi) is 5.65. The number of hydrogen-bond acceptors (Lipinski definition) is 4. The number of rotatable bonds is 4. The van der Waals surface area contributed by atoms with Crippen LogP contribution in [-0.4, -0.2) is 19.5 Å². The van der Waals surface area contributed by atoms with Crippen LogP contribution < -0.4 is 0 Å². The van der Waals surface area contributed by atoms with E-state index in [1.807, 2.05) is 66.7 Å². The molecule has 0 unspecified atom stereocenters. The Morgan fingerprint density at radius 3 is 1.98 bits per heavy atom. The summed E-state index contributed by atoms with van der Waals surface area (Å²) in [5, 5.41) is 13.5. The molecule has 0 aliphatic heterocycles. The van der Waals surface area contributed by atoms with Gasteiger partial charge in [0, 0.05) is 32.7 Å². The lowest BCUT2D eigenvalue weighted by molar-refractivity contribution is 1.08. The van der Waals surface area contributed by atoms with Crippen molar-refractivity contribution in [2.24, 2.45) is 0 Å². The highest BCUT2D eigenvalue weighted by atomic mass is 15.1. The molecule has 9 rings (SSSR count). The fourth-order valence-electron chi connectivity index (χ4n) is 6.45. The van der Waals surface area contributed by atoms with Gasteiger partial charge in [-0.1, -0.05) is 115 Å². The van der Waals surface area contributed by atoms with Gasteiger partial charge in [0.25, 0.3) is 0 Å². The molecule has 3 heterocycles. The quantitative estimate of drug-likeness (QED) is 0.188. The average molecular weight is 602 g/mol. The molecule has 5 nitrogen and oxygen atoms in total. The van der Waals surface area contributed by atoms with Gasteiger partial charge in [-0.25, -0.2) is 15.0 Å². The van der Waals surface area contributed by atoms with E-state index in [2.05, 4.69) is 59.2 Å². The molecule has 0 saturated heterocycles. The fourth-order valence-corrected chi connectivity index (χ4v) is 6.45. The van der Waals surface area contributed by atoms with Crippen molar-refractivity contribution in [3.63, 3.8) is 0 Å². The summed E-state index contributed by atoms with van der Waals surface area (Å²) in [6.45, 7) is 0. The Bertz CT molecular complexity index is 2740. The van der Waals surface area contributed by atoms with Gasteiger partial charge in [0.1, 0.15) is 11.3 Å². The molecule has 0 N–H and O–H groups in total. The predicted molar refractivity (Wildman–Crippen MR) is 190 cm³/mol. The van der Waals surface area contributed by atoms with Crippen LogP contribution in [0.4, 0.5) is 0 Å². The predicted octanol–water partition coefficient (Wildman–Crippen LogP) is 10.1. The van der Waals surface area contributed by atoms with Crippen molar-refractivity contribution in [1.82, 2.24) is 19.5 Å². The van der Waals surface area contributed by atoms with Crippen molar-refractivity contribution < 1.29 is 2.74 Å². The van der Waals surface area contributed by atoms with E-state index in [1.54, 1.807) is 18.2 Å². The zero-order chi connectivity index (χ0) is 33.1. The van der Waals surface area contributed by atoms with Gasteiger partial charge in [0.15, 0.2) is 5.82 Å². The first kappa shape index (κ1) is 24.7. The maximum absolute atomic E-state index is 9.42. The molecule has 0 aliphatic carbocycles. The molecule has 0 fully saturated rings. The highest BCUT2D eigenvalue weighted by Gasteiger charge is 2.19. The minimum Gasteiger partial charge on any atom is -0.293 e. The summed E-state index contributed by atoms with van der Waals surface area (Å²) in [6, 6.07) is 48.2. The second kappa shape index (κ2) is 10.8. The lowest BCUT2D eigenvalue weighted by Crippen LogP contribution is -2.03. The Labute approximate surface area is 273 Å². The van der Waals surface area contributed by atoms with Crippen LogP contribution in [0.1, 0.15) is 8.30 Å². The minimum atomic E-state index is 0.267. The van der Waals surface area contributed by atoms with Gasteiger partial charge in [0.2, 0.25) is 0 Å². The second-order valence-corrected chi connectivity index (χ2v) is 11.5. The third kappa shape index (κ3) is 4.43. The summed E-state index contributed by atoms with van der Waals surface area (Å²) in [5.74, 6) is 1.31. The van der Waals surface area contributed by atoms with Crippen LogP contribution in [0.25, 0.3) is 83.2 Å². The maximum Gasteiger partial charge on any atom is 0.162 e. The average Bonchev–Trinajstić information content (AvgIpc) is 3.48. The molecule has 0 amide bonds. The number of nitriles is 1. The van der Waals surface area contributed by atoms with Crippen molar-refractivity contribution >= 4 is 43.6 Å². The zero-order valence-corrected chi connectivity index (χ0v) is 25.0. The van der Waals surface area contributed by atoms with E-state index in [-0.39, 0.29) is 12.1 Å². The van der Waals surface area contributed by atoms with E-state index >= 15 is 0 Å². The topological polar surface area (TPSA) is 67.4 Å². The second-order valence-electron chi connectivity index (χ2n) is 11.5. The molecule has 3 aromatic heterocycles. The lowest BCUT2D eigenvalue weighted by atomic mass is 10.0. The standard InChI is InChI=1S/C42H25N5/c43-26-27-9-8-12-32(25-27)28-17-19-31(20-18-28)41-45-40-35(23-21-30-22-24-36(44-39(30)40)29-10-2-1-3-11-29)42(46-41)47-37-15-6-4-13-33(37)34-14-5-7-16-38(34)47/h1-25H/i2D,3D. The number of fused-ring (bicyclic) bond motifs is 6. The first-order valence-electron chi connectivity index (χ1n) is 16.3. The molecule has 0 radical (unpaired) electrons. The number of pyridine rings is 1. The minimum absolute atomic E-state index is 0.267. The van der Waals surface area contributed by atoms with E-state index in [4.69, 9.17) is 17.7 Å². The number of benzene rings is 6. The van der Waals surface area contributed by atoms with Crippen LogP contribution >= 0.6 is 0 Å². The van der Waals surface area contributed by atoms with Gasteiger partial charge < -0.3 is 0 Å². The summed E-state index contributed by atoms with van der Waals surface area (Å²) < 4.78 is 18.6. The number of aromatic nitrogens is 4. The SMILES string of the molecule is [2H]c1cc([2H])cc(-c2ccc3ccc4c(-n5c6ccccc6c6ccccc65)nc(-c5ccc(-c6cccc(C#N)c6)cc5)nc4c3n2)c1. The van der Waals surface area contributed by atoms with E-state index in [1.165, 1.54) is 6.07 Å². The number of nitrogens with zero attached hydrogens (tertiary/aromatic N) is 5. The molecule has 218 valence electrons. The summed E-state index contributed by atoms with van der Waals surface area (Å²) in [4.78, 5) is 15.6. The molecule has 47 heavy (non-hydrogen) atoms. The van der Waals surface area contributed by atoms with Crippen LogP contribution in [0.2, 0.25) is 0 Å². The Morgan fingerprint density at radius 1 is 0.532 bits per heavy atom.